The van der Waals surface area contributed by atoms with Crippen molar-refractivity contribution in [1.29, 1.82) is 5.26 Å². The maximum Gasteiger partial charge on any atom is 0.128 e. The maximum absolute atomic E-state index is 8.80. The molecule has 0 saturated heterocycles. The van der Waals surface area contributed by atoms with Gasteiger partial charge >= 0.3 is 0 Å². The molecule has 0 aliphatic heterocycles. The highest BCUT2D eigenvalue weighted by molar-refractivity contribution is 5.49. The molecule has 0 saturated carbocycles. The Bertz CT molecular complexity index is 594. The fourth-order valence-electron chi connectivity index (χ4n) is 1.92. The molecule has 0 aliphatic carbocycles. The molecular weight excluding hydrogens is 248 g/mol. The van der Waals surface area contributed by atoms with E-state index in [9.17, 15) is 0 Å². The van der Waals surface area contributed by atoms with Crippen LogP contribution in [0.2, 0.25) is 0 Å². The number of hydrogen-bond acceptors (Lipinski definition) is 4. The molecule has 1 atom stereocenters. The Balaban J connectivity index is 2.06. The lowest BCUT2D eigenvalue weighted by Crippen LogP contribution is -2.11. The summed E-state index contributed by atoms with van der Waals surface area (Å²) in [5.74, 6) is 0.932. The Hall–Kier alpha value is -2.54. The Morgan fingerprint density at radius 3 is 2.35 bits per heavy atom. The summed E-state index contributed by atoms with van der Waals surface area (Å²) in [7, 11) is 3.93. The zero-order valence-corrected chi connectivity index (χ0v) is 12.0. The van der Waals surface area contributed by atoms with Crippen LogP contribution in [0, 0.1) is 11.3 Å². The highest BCUT2D eigenvalue weighted by Gasteiger charge is 2.06. The number of nitrogens with zero attached hydrogens (tertiary/aromatic N) is 3. The highest BCUT2D eigenvalue weighted by Crippen LogP contribution is 2.20. The molecule has 2 aromatic rings. The summed E-state index contributed by atoms with van der Waals surface area (Å²) < 4.78 is 0. The number of hydrogen-bond donors (Lipinski definition) is 1. The summed E-state index contributed by atoms with van der Waals surface area (Å²) in [6, 6.07) is 13.9. The normalized spacial score (nSPS) is 11.5. The van der Waals surface area contributed by atoms with Gasteiger partial charge in [-0.2, -0.15) is 5.26 Å². The van der Waals surface area contributed by atoms with Crippen LogP contribution in [0.15, 0.2) is 42.6 Å². The van der Waals surface area contributed by atoms with Crippen molar-refractivity contribution < 1.29 is 0 Å². The minimum Gasteiger partial charge on any atom is -0.377 e. The molecule has 4 nitrogen and oxygen atoms in total. The van der Waals surface area contributed by atoms with E-state index < -0.39 is 0 Å². The van der Waals surface area contributed by atoms with Gasteiger partial charge in [0.1, 0.15) is 5.82 Å². The van der Waals surface area contributed by atoms with Crippen LogP contribution in [0.25, 0.3) is 0 Å². The number of aromatic nitrogens is 1. The van der Waals surface area contributed by atoms with Gasteiger partial charge < -0.3 is 10.2 Å². The molecule has 0 spiro atoms. The second-order valence-corrected chi connectivity index (χ2v) is 4.90. The summed E-state index contributed by atoms with van der Waals surface area (Å²) >= 11 is 0. The van der Waals surface area contributed by atoms with Crippen LogP contribution in [0.1, 0.15) is 24.1 Å². The fraction of sp³-hybridized carbons (Fsp3) is 0.250. The van der Waals surface area contributed by atoms with E-state index in [-0.39, 0.29) is 6.04 Å². The van der Waals surface area contributed by atoms with E-state index in [1.54, 1.807) is 0 Å². The Morgan fingerprint density at radius 2 is 1.85 bits per heavy atom. The predicted octanol–water partition coefficient (Wildman–Crippen LogP) is 3.19. The van der Waals surface area contributed by atoms with Gasteiger partial charge in [-0.1, -0.05) is 12.1 Å². The summed E-state index contributed by atoms with van der Waals surface area (Å²) in [4.78, 5) is 6.34. The van der Waals surface area contributed by atoms with Crippen LogP contribution >= 0.6 is 0 Å². The van der Waals surface area contributed by atoms with Gasteiger partial charge in [-0.05, 0) is 36.8 Å². The molecule has 1 aromatic heterocycles. The minimum atomic E-state index is 0.162. The van der Waals surface area contributed by atoms with Gasteiger partial charge in [0.25, 0.3) is 0 Å². The first-order valence-electron chi connectivity index (χ1n) is 6.50. The third kappa shape index (κ3) is 3.27. The van der Waals surface area contributed by atoms with Crippen LogP contribution in [-0.2, 0) is 0 Å². The molecule has 0 radical (unpaired) electrons. The van der Waals surface area contributed by atoms with Crippen molar-refractivity contribution in [3.8, 4) is 6.07 Å². The van der Waals surface area contributed by atoms with Gasteiger partial charge in [0.2, 0.25) is 0 Å². The molecule has 0 fully saturated rings. The third-order valence-corrected chi connectivity index (χ3v) is 3.13. The highest BCUT2D eigenvalue weighted by atomic mass is 15.1. The van der Waals surface area contributed by atoms with E-state index in [4.69, 9.17) is 5.26 Å². The topological polar surface area (TPSA) is 52.0 Å². The number of anilines is 2. The lowest BCUT2D eigenvalue weighted by molar-refractivity contribution is 0.882. The second-order valence-electron chi connectivity index (χ2n) is 4.90. The standard InChI is InChI=1S/C16H18N4/c1-12(14-6-4-13(10-17)5-7-14)19-15-8-9-16(18-11-15)20(2)3/h4-9,11-12,19H,1-3H3. The first-order valence-corrected chi connectivity index (χ1v) is 6.50. The van der Waals surface area contributed by atoms with Gasteiger partial charge in [-0.15, -0.1) is 0 Å². The summed E-state index contributed by atoms with van der Waals surface area (Å²) in [6.45, 7) is 2.08. The van der Waals surface area contributed by atoms with E-state index >= 15 is 0 Å². The molecule has 0 amide bonds. The molecule has 102 valence electrons. The predicted molar refractivity (Wildman–Crippen MR) is 81.8 cm³/mol. The van der Waals surface area contributed by atoms with Crippen molar-refractivity contribution >= 4 is 11.5 Å². The van der Waals surface area contributed by atoms with Gasteiger partial charge in [0, 0.05) is 20.1 Å². The SMILES string of the molecule is CC(Nc1ccc(N(C)C)nc1)c1ccc(C#N)cc1. The molecule has 0 bridgehead atoms. The van der Waals surface area contributed by atoms with Gasteiger partial charge in [-0.3, -0.25) is 0 Å². The molecule has 4 heteroatoms. The third-order valence-electron chi connectivity index (χ3n) is 3.13. The molecule has 2 rings (SSSR count). The Labute approximate surface area is 119 Å². The van der Waals surface area contributed by atoms with E-state index in [2.05, 4.69) is 23.3 Å². The van der Waals surface area contributed by atoms with Crippen molar-refractivity contribution in [2.24, 2.45) is 0 Å². The van der Waals surface area contributed by atoms with Crippen molar-refractivity contribution in [1.82, 2.24) is 4.98 Å². The van der Waals surface area contributed by atoms with Crippen LogP contribution in [0.3, 0.4) is 0 Å². The Morgan fingerprint density at radius 1 is 1.15 bits per heavy atom. The van der Waals surface area contributed by atoms with E-state index in [1.165, 1.54) is 0 Å². The van der Waals surface area contributed by atoms with Gasteiger partial charge in [-0.25, -0.2) is 4.98 Å². The zero-order chi connectivity index (χ0) is 14.5. The molecule has 1 unspecified atom stereocenters. The van der Waals surface area contributed by atoms with Crippen molar-refractivity contribution in [3.05, 3.63) is 53.7 Å². The monoisotopic (exact) mass is 266 g/mol. The number of nitriles is 1. The average molecular weight is 266 g/mol. The molecule has 1 N–H and O–H groups in total. The average Bonchev–Trinajstić information content (AvgIpc) is 2.48. The number of benzene rings is 1. The van der Waals surface area contributed by atoms with Crippen LogP contribution in [0.5, 0.6) is 0 Å². The lowest BCUT2D eigenvalue weighted by Gasteiger charge is -2.17. The maximum atomic E-state index is 8.80. The van der Waals surface area contributed by atoms with Crippen molar-refractivity contribution in [2.45, 2.75) is 13.0 Å². The van der Waals surface area contributed by atoms with Crippen molar-refractivity contribution in [3.63, 3.8) is 0 Å². The van der Waals surface area contributed by atoms with E-state index in [0.29, 0.717) is 5.56 Å². The van der Waals surface area contributed by atoms with E-state index in [0.717, 1.165) is 17.1 Å². The molecule has 1 aromatic carbocycles. The number of nitrogens with one attached hydrogen (secondary N) is 1. The zero-order valence-electron chi connectivity index (χ0n) is 12.0. The van der Waals surface area contributed by atoms with E-state index in [1.807, 2.05) is 61.6 Å². The van der Waals surface area contributed by atoms with Gasteiger partial charge in [0.05, 0.1) is 23.5 Å². The molecular formula is C16H18N4. The smallest absolute Gasteiger partial charge is 0.128 e. The summed E-state index contributed by atoms with van der Waals surface area (Å²) in [5.41, 5.74) is 2.80. The quantitative estimate of drug-likeness (QED) is 0.923. The molecule has 0 aliphatic rings. The largest absolute Gasteiger partial charge is 0.377 e. The van der Waals surface area contributed by atoms with Crippen LogP contribution in [-0.4, -0.2) is 19.1 Å². The second kappa shape index (κ2) is 6.07. The fourth-order valence-corrected chi connectivity index (χ4v) is 1.92. The minimum absolute atomic E-state index is 0.162. The first kappa shape index (κ1) is 13.9. The summed E-state index contributed by atoms with van der Waals surface area (Å²) in [5, 5.41) is 12.2. The van der Waals surface area contributed by atoms with Crippen LogP contribution in [0.4, 0.5) is 11.5 Å². The van der Waals surface area contributed by atoms with Gasteiger partial charge in [0.15, 0.2) is 0 Å². The summed E-state index contributed by atoms with van der Waals surface area (Å²) in [6.07, 6.45) is 1.83. The number of rotatable bonds is 4. The molecule has 1 heterocycles. The lowest BCUT2D eigenvalue weighted by atomic mass is 10.1. The molecule has 20 heavy (non-hydrogen) atoms. The van der Waals surface area contributed by atoms with Crippen LogP contribution < -0.4 is 10.2 Å². The number of pyridine rings is 1. The first-order chi connectivity index (χ1) is 9.60. The Kier molecular flexibility index (Phi) is 4.21. The van der Waals surface area contributed by atoms with Crippen molar-refractivity contribution in [2.75, 3.05) is 24.3 Å².